The van der Waals surface area contributed by atoms with Crippen molar-refractivity contribution in [2.75, 3.05) is 7.11 Å². The number of benzene rings is 1. The molecule has 7 heteroatoms. The zero-order chi connectivity index (χ0) is 15.2. The molecule has 0 bridgehead atoms. The molecule has 0 fully saturated rings. The van der Waals surface area contributed by atoms with Crippen LogP contribution < -0.4 is 5.73 Å². The number of nitrogens with zero attached hydrogens (tertiary/aromatic N) is 3. The molecule has 112 valence electrons. The SMILES string of the molecule is CCn1c(CN)nnc1SCc1ccc(C(=O)OC)cc1. The van der Waals surface area contributed by atoms with Gasteiger partial charge in [0.1, 0.15) is 5.82 Å². The molecule has 0 aliphatic rings. The van der Waals surface area contributed by atoms with E-state index in [-0.39, 0.29) is 5.97 Å². The van der Waals surface area contributed by atoms with E-state index in [4.69, 9.17) is 5.73 Å². The Morgan fingerprint density at radius 1 is 1.33 bits per heavy atom. The minimum absolute atomic E-state index is 0.326. The summed E-state index contributed by atoms with van der Waals surface area (Å²) in [7, 11) is 1.37. The van der Waals surface area contributed by atoms with Gasteiger partial charge >= 0.3 is 5.97 Å². The summed E-state index contributed by atoms with van der Waals surface area (Å²) < 4.78 is 6.68. The maximum Gasteiger partial charge on any atom is 0.337 e. The Morgan fingerprint density at radius 2 is 2.05 bits per heavy atom. The molecule has 6 nitrogen and oxygen atoms in total. The van der Waals surface area contributed by atoms with E-state index in [0.29, 0.717) is 12.1 Å². The standard InChI is InChI=1S/C14H18N4O2S/c1-3-18-12(8-15)16-17-14(18)21-9-10-4-6-11(7-5-10)13(19)20-2/h4-7H,3,8-9,15H2,1-2H3. The monoisotopic (exact) mass is 306 g/mol. The predicted octanol–water partition coefficient (Wildman–Crippen LogP) is 1.84. The Kier molecular flexibility index (Phi) is 5.35. The minimum Gasteiger partial charge on any atom is -0.465 e. The summed E-state index contributed by atoms with van der Waals surface area (Å²) in [6.07, 6.45) is 0. The molecule has 21 heavy (non-hydrogen) atoms. The third-order valence-electron chi connectivity index (χ3n) is 3.04. The molecule has 0 saturated carbocycles. The molecule has 0 radical (unpaired) electrons. The van der Waals surface area contributed by atoms with Gasteiger partial charge in [-0.05, 0) is 24.6 Å². The first-order valence-electron chi connectivity index (χ1n) is 6.61. The fourth-order valence-corrected chi connectivity index (χ4v) is 2.87. The lowest BCUT2D eigenvalue weighted by Crippen LogP contribution is -2.08. The number of nitrogens with two attached hydrogens (primary N) is 1. The molecule has 0 saturated heterocycles. The van der Waals surface area contributed by atoms with Crippen LogP contribution in [-0.2, 0) is 23.6 Å². The Hall–Kier alpha value is -1.86. The van der Waals surface area contributed by atoms with Gasteiger partial charge in [-0.2, -0.15) is 0 Å². The number of hydrogen-bond acceptors (Lipinski definition) is 6. The van der Waals surface area contributed by atoms with Crippen LogP contribution in [0.1, 0.15) is 28.7 Å². The first-order chi connectivity index (χ1) is 10.2. The van der Waals surface area contributed by atoms with E-state index in [2.05, 4.69) is 14.9 Å². The maximum absolute atomic E-state index is 11.4. The van der Waals surface area contributed by atoms with E-state index in [1.807, 2.05) is 23.6 Å². The lowest BCUT2D eigenvalue weighted by Gasteiger charge is -2.06. The van der Waals surface area contributed by atoms with Crippen molar-refractivity contribution in [2.45, 2.75) is 30.9 Å². The largest absolute Gasteiger partial charge is 0.465 e. The van der Waals surface area contributed by atoms with Crippen molar-refractivity contribution in [3.8, 4) is 0 Å². The van der Waals surface area contributed by atoms with Gasteiger partial charge in [-0.25, -0.2) is 4.79 Å². The molecule has 0 aliphatic heterocycles. The first-order valence-corrected chi connectivity index (χ1v) is 7.60. The van der Waals surface area contributed by atoms with Crippen molar-refractivity contribution in [3.05, 3.63) is 41.2 Å². The number of carbonyl (C=O) groups is 1. The number of carbonyl (C=O) groups excluding carboxylic acids is 1. The van der Waals surface area contributed by atoms with E-state index < -0.39 is 0 Å². The van der Waals surface area contributed by atoms with Crippen molar-refractivity contribution in [1.82, 2.24) is 14.8 Å². The summed E-state index contributed by atoms with van der Waals surface area (Å²) >= 11 is 1.60. The summed E-state index contributed by atoms with van der Waals surface area (Å²) in [6, 6.07) is 7.35. The smallest absolute Gasteiger partial charge is 0.337 e. The normalized spacial score (nSPS) is 10.6. The second-order valence-electron chi connectivity index (χ2n) is 4.32. The van der Waals surface area contributed by atoms with E-state index in [1.54, 1.807) is 23.9 Å². The highest BCUT2D eigenvalue weighted by atomic mass is 32.2. The van der Waals surface area contributed by atoms with Crippen LogP contribution in [0.2, 0.25) is 0 Å². The zero-order valence-electron chi connectivity index (χ0n) is 12.1. The summed E-state index contributed by atoms with van der Waals surface area (Å²) in [5.41, 5.74) is 7.28. The predicted molar refractivity (Wildman–Crippen MR) is 80.9 cm³/mol. The highest BCUT2D eigenvalue weighted by Crippen LogP contribution is 2.22. The van der Waals surface area contributed by atoms with Crippen molar-refractivity contribution in [2.24, 2.45) is 5.73 Å². The van der Waals surface area contributed by atoms with Gasteiger partial charge in [0.2, 0.25) is 0 Å². The van der Waals surface area contributed by atoms with Gasteiger partial charge in [-0.15, -0.1) is 10.2 Å². The molecule has 0 spiro atoms. The molecule has 0 aliphatic carbocycles. The van der Waals surface area contributed by atoms with Crippen molar-refractivity contribution >= 4 is 17.7 Å². The molecule has 0 atom stereocenters. The lowest BCUT2D eigenvalue weighted by molar-refractivity contribution is 0.0600. The average Bonchev–Trinajstić information content (AvgIpc) is 2.94. The first kappa shape index (κ1) is 15.5. The molecule has 1 aromatic heterocycles. The van der Waals surface area contributed by atoms with Gasteiger partial charge in [-0.1, -0.05) is 23.9 Å². The summed E-state index contributed by atoms with van der Waals surface area (Å²) in [5.74, 6) is 1.22. The van der Waals surface area contributed by atoms with Crippen molar-refractivity contribution in [1.29, 1.82) is 0 Å². The fourth-order valence-electron chi connectivity index (χ4n) is 1.90. The Bertz CT molecular complexity index is 610. The lowest BCUT2D eigenvalue weighted by atomic mass is 10.1. The second kappa shape index (κ2) is 7.24. The number of hydrogen-bond donors (Lipinski definition) is 1. The van der Waals surface area contributed by atoms with Crippen LogP contribution in [0.4, 0.5) is 0 Å². The van der Waals surface area contributed by atoms with Crippen molar-refractivity contribution < 1.29 is 9.53 Å². The molecule has 2 aromatic rings. The Balaban J connectivity index is 2.03. The second-order valence-corrected chi connectivity index (χ2v) is 5.27. The van der Waals surface area contributed by atoms with Crippen LogP contribution in [0.5, 0.6) is 0 Å². The number of esters is 1. The number of methoxy groups -OCH3 is 1. The molecule has 2 N–H and O–H groups in total. The number of ether oxygens (including phenoxy) is 1. The van der Waals surface area contributed by atoms with Gasteiger partial charge in [0.05, 0.1) is 19.2 Å². The van der Waals surface area contributed by atoms with Crippen LogP contribution in [0, 0.1) is 0 Å². The molecular weight excluding hydrogens is 288 g/mol. The minimum atomic E-state index is -0.326. The number of thioether (sulfide) groups is 1. The van der Waals surface area contributed by atoms with E-state index in [0.717, 1.165) is 28.8 Å². The molecule has 0 unspecified atom stereocenters. The molecule has 1 heterocycles. The molecule has 1 aromatic carbocycles. The quantitative estimate of drug-likeness (QED) is 0.647. The van der Waals surface area contributed by atoms with Gasteiger partial charge in [0.25, 0.3) is 0 Å². The van der Waals surface area contributed by atoms with Crippen molar-refractivity contribution in [3.63, 3.8) is 0 Å². The van der Waals surface area contributed by atoms with Crippen LogP contribution in [0.25, 0.3) is 0 Å². The van der Waals surface area contributed by atoms with Crippen LogP contribution in [0.15, 0.2) is 29.4 Å². The molecule has 0 amide bonds. The molecular formula is C14H18N4O2S. The van der Waals surface area contributed by atoms with Crippen LogP contribution in [0.3, 0.4) is 0 Å². The zero-order valence-corrected chi connectivity index (χ0v) is 12.9. The third kappa shape index (κ3) is 3.62. The van der Waals surface area contributed by atoms with Gasteiger partial charge in [0.15, 0.2) is 5.16 Å². The highest BCUT2D eigenvalue weighted by Gasteiger charge is 2.10. The van der Waals surface area contributed by atoms with E-state index in [9.17, 15) is 4.79 Å². The highest BCUT2D eigenvalue weighted by molar-refractivity contribution is 7.98. The summed E-state index contributed by atoms with van der Waals surface area (Å²) in [5, 5.41) is 9.08. The van der Waals surface area contributed by atoms with Gasteiger partial charge in [0, 0.05) is 12.3 Å². The Labute approximate surface area is 127 Å². The number of rotatable bonds is 6. The van der Waals surface area contributed by atoms with E-state index in [1.165, 1.54) is 7.11 Å². The van der Waals surface area contributed by atoms with Gasteiger partial charge in [-0.3, -0.25) is 0 Å². The van der Waals surface area contributed by atoms with Crippen LogP contribution >= 0.6 is 11.8 Å². The molecule has 2 rings (SSSR count). The average molecular weight is 306 g/mol. The topological polar surface area (TPSA) is 83.0 Å². The summed E-state index contributed by atoms with van der Waals surface area (Å²) in [6.45, 7) is 3.22. The van der Waals surface area contributed by atoms with E-state index >= 15 is 0 Å². The fraction of sp³-hybridized carbons (Fsp3) is 0.357. The summed E-state index contributed by atoms with van der Waals surface area (Å²) in [4.78, 5) is 11.4. The number of aromatic nitrogens is 3. The van der Waals surface area contributed by atoms with Crippen LogP contribution in [-0.4, -0.2) is 27.8 Å². The Morgan fingerprint density at radius 3 is 2.62 bits per heavy atom. The van der Waals surface area contributed by atoms with Gasteiger partial charge < -0.3 is 15.0 Å². The third-order valence-corrected chi connectivity index (χ3v) is 4.07. The maximum atomic E-state index is 11.4.